The van der Waals surface area contributed by atoms with Gasteiger partial charge < -0.3 is 4.74 Å². The van der Waals surface area contributed by atoms with Crippen LogP contribution in [0.2, 0.25) is 5.02 Å². The van der Waals surface area contributed by atoms with Crippen molar-refractivity contribution in [3.63, 3.8) is 0 Å². The van der Waals surface area contributed by atoms with Crippen LogP contribution in [0.1, 0.15) is 24.2 Å². The number of Topliss-reactive ketones (excluding diaryl/α,β-unsaturated/α-hetero) is 1. The van der Waals surface area contributed by atoms with E-state index in [1.165, 1.54) is 13.0 Å². The number of hydrogen-bond donors (Lipinski definition) is 0. The van der Waals surface area contributed by atoms with Crippen molar-refractivity contribution in [1.29, 1.82) is 0 Å². The van der Waals surface area contributed by atoms with Gasteiger partial charge in [0.05, 0.1) is 5.02 Å². The average molecular weight is 227 g/mol. The summed E-state index contributed by atoms with van der Waals surface area (Å²) in [5.41, 5.74) is 0.475. The number of hydrogen-bond acceptors (Lipinski definition) is 3. The summed E-state index contributed by atoms with van der Waals surface area (Å²) in [6.45, 7) is 3.09. The van der Waals surface area contributed by atoms with Gasteiger partial charge >= 0.3 is 0 Å². The molecule has 4 heteroatoms. The second-order valence-corrected chi connectivity index (χ2v) is 3.59. The molecule has 0 aromatic heterocycles. The first kappa shape index (κ1) is 11.7. The summed E-state index contributed by atoms with van der Waals surface area (Å²) in [7, 11) is 0. The van der Waals surface area contributed by atoms with Gasteiger partial charge in [-0.05, 0) is 32.0 Å². The van der Waals surface area contributed by atoms with E-state index < -0.39 is 6.10 Å². The lowest BCUT2D eigenvalue weighted by molar-refractivity contribution is -0.122. The third kappa shape index (κ3) is 3.06. The molecule has 0 saturated heterocycles. The van der Waals surface area contributed by atoms with Crippen LogP contribution in [0, 0.1) is 0 Å². The molecule has 1 aromatic rings. The van der Waals surface area contributed by atoms with E-state index in [1.807, 2.05) is 0 Å². The minimum atomic E-state index is -0.537. The maximum Gasteiger partial charge on any atom is 0.169 e. The molecular formula is C11H11ClO3. The number of ether oxygens (including phenoxy) is 1. The quantitative estimate of drug-likeness (QED) is 0.741. The first-order valence-electron chi connectivity index (χ1n) is 4.46. The molecule has 1 atom stereocenters. The number of ketones is 1. The summed E-state index contributed by atoms with van der Waals surface area (Å²) in [6, 6.07) is 4.66. The highest BCUT2D eigenvalue weighted by Gasteiger charge is 2.11. The fourth-order valence-corrected chi connectivity index (χ4v) is 1.19. The molecule has 0 heterocycles. The van der Waals surface area contributed by atoms with Gasteiger partial charge in [0.15, 0.2) is 11.9 Å². The molecule has 1 rings (SSSR count). The van der Waals surface area contributed by atoms with Crippen molar-refractivity contribution >= 4 is 23.7 Å². The second-order valence-electron chi connectivity index (χ2n) is 3.18. The molecule has 0 aliphatic heterocycles. The van der Waals surface area contributed by atoms with Crippen molar-refractivity contribution in [3.8, 4) is 5.75 Å². The normalized spacial score (nSPS) is 11.9. The minimum Gasteiger partial charge on any atom is -0.481 e. The monoisotopic (exact) mass is 226 g/mol. The van der Waals surface area contributed by atoms with Crippen LogP contribution < -0.4 is 4.74 Å². The van der Waals surface area contributed by atoms with Crippen molar-refractivity contribution in [2.75, 3.05) is 0 Å². The highest BCUT2D eigenvalue weighted by atomic mass is 35.5. The van der Waals surface area contributed by atoms with E-state index in [-0.39, 0.29) is 5.78 Å². The molecule has 0 bridgehead atoms. The van der Waals surface area contributed by atoms with E-state index in [9.17, 15) is 9.59 Å². The Labute approximate surface area is 93.0 Å². The summed E-state index contributed by atoms with van der Waals surface area (Å²) < 4.78 is 5.31. The van der Waals surface area contributed by atoms with Crippen LogP contribution in [0.15, 0.2) is 18.2 Å². The van der Waals surface area contributed by atoms with E-state index in [4.69, 9.17) is 16.3 Å². The summed E-state index contributed by atoms with van der Waals surface area (Å²) in [4.78, 5) is 21.4. The zero-order valence-electron chi connectivity index (χ0n) is 8.49. The number of carbonyl (C=O) groups is 2. The number of carbonyl (C=O) groups excluding carboxylic acids is 2. The Kier molecular flexibility index (Phi) is 3.86. The predicted molar refractivity (Wildman–Crippen MR) is 57.6 cm³/mol. The molecule has 0 fully saturated rings. The van der Waals surface area contributed by atoms with Gasteiger partial charge in [-0.3, -0.25) is 9.59 Å². The number of aldehydes is 1. The fourth-order valence-electron chi connectivity index (χ4n) is 0.959. The van der Waals surface area contributed by atoms with E-state index in [0.29, 0.717) is 22.6 Å². The first-order chi connectivity index (χ1) is 7.04. The van der Waals surface area contributed by atoms with Crippen LogP contribution in [-0.2, 0) is 4.79 Å². The predicted octanol–water partition coefficient (Wildman–Crippen LogP) is 2.51. The summed E-state index contributed by atoms with van der Waals surface area (Å²) in [5.74, 6) is 0.329. The molecule has 0 aliphatic rings. The maximum absolute atomic E-state index is 11.0. The standard InChI is InChI=1S/C11H11ClO3/c1-7(14)8(2)15-11-4-3-9(6-13)5-10(11)12/h3-6,8H,1-2H3. The number of benzene rings is 1. The van der Waals surface area contributed by atoms with Crippen molar-refractivity contribution in [1.82, 2.24) is 0 Å². The second kappa shape index (κ2) is 4.94. The third-order valence-corrected chi connectivity index (χ3v) is 2.26. The van der Waals surface area contributed by atoms with Gasteiger partial charge in [-0.1, -0.05) is 11.6 Å². The Morgan fingerprint density at radius 3 is 2.67 bits per heavy atom. The Hall–Kier alpha value is -1.35. The summed E-state index contributed by atoms with van der Waals surface area (Å²) in [6.07, 6.45) is 0.161. The largest absolute Gasteiger partial charge is 0.481 e. The highest BCUT2D eigenvalue weighted by molar-refractivity contribution is 6.32. The van der Waals surface area contributed by atoms with Gasteiger partial charge in [-0.2, -0.15) is 0 Å². The lowest BCUT2D eigenvalue weighted by Crippen LogP contribution is -2.20. The van der Waals surface area contributed by atoms with Crippen molar-refractivity contribution in [3.05, 3.63) is 28.8 Å². The number of halogens is 1. The summed E-state index contributed by atoms with van der Waals surface area (Å²) in [5, 5.41) is 0.327. The SMILES string of the molecule is CC(=O)C(C)Oc1ccc(C=O)cc1Cl. The van der Waals surface area contributed by atoms with Crippen LogP contribution in [-0.4, -0.2) is 18.2 Å². The van der Waals surface area contributed by atoms with Crippen LogP contribution in [0.4, 0.5) is 0 Å². The van der Waals surface area contributed by atoms with Crippen LogP contribution >= 0.6 is 11.6 Å². The van der Waals surface area contributed by atoms with Crippen LogP contribution in [0.5, 0.6) is 5.75 Å². The van der Waals surface area contributed by atoms with E-state index in [1.54, 1.807) is 19.1 Å². The van der Waals surface area contributed by atoms with Crippen molar-refractivity contribution in [2.24, 2.45) is 0 Å². The first-order valence-corrected chi connectivity index (χ1v) is 4.84. The van der Waals surface area contributed by atoms with Crippen molar-refractivity contribution in [2.45, 2.75) is 20.0 Å². The topological polar surface area (TPSA) is 43.4 Å². The molecular weight excluding hydrogens is 216 g/mol. The molecule has 15 heavy (non-hydrogen) atoms. The molecule has 1 unspecified atom stereocenters. The van der Waals surface area contributed by atoms with Gasteiger partial charge in [-0.25, -0.2) is 0 Å². The maximum atomic E-state index is 11.0. The Morgan fingerprint density at radius 1 is 1.53 bits per heavy atom. The molecule has 1 aromatic carbocycles. The summed E-state index contributed by atoms with van der Waals surface area (Å²) >= 11 is 5.86. The number of rotatable bonds is 4. The minimum absolute atomic E-state index is 0.0782. The highest BCUT2D eigenvalue weighted by Crippen LogP contribution is 2.25. The zero-order chi connectivity index (χ0) is 11.4. The molecule has 0 aliphatic carbocycles. The van der Waals surface area contributed by atoms with Crippen molar-refractivity contribution < 1.29 is 14.3 Å². The van der Waals surface area contributed by atoms with Crippen LogP contribution in [0.3, 0.4) is 0 Å². The molecule has 0 spiro atoms. The smallest absolute Gasteiger partial charge is 0.169 e. The van der Waals surface area contributed by atoms with Gasteiger partial charge in [0.1, 0.15) is 12.0 Å². The van der Waals surface area contributed by atoms with E-state index in [2.05, 4.69) is 0 Å². The Morgan fingerprint density at radius 2 is 2.20 bits per heavy atom. The Balaban J connectivity index is 2.87. The van der Waals surface area contributed by atoms with Gasteiger partial charge in [0, 0.05) is 5.56 Å². The average Bonchev–Trinajstić information content (AvgIpc) is 2.20. The van der Waals surface area contributed by atoms with Gasteiger partial charge in [0.2, 0.25) is 0 Å². The molecule has 0 N–H and O–H groups in total. The van der Waals surface area contributed by atoms with Crippen LogP contribution in [0.25, 0.3) is 0 Å². The zero-order valence-corrected chi connectivity index (χ0v) is 9.25. The Bertz CT molecular complexity index is 387. The lowest BCUT2D eigenvalue weighted by Gasteiger charge is -2.12. The van der Waals surface area contributed by atoms with E-state index in [0.717, 1.165) is 0 Å². The van der Waals surface area contributed by atoms with Gasteiger partial charge in [-0.15, -0.1) is 0 Å². The molecule has 3 nitrogen and oxygen atoms in total. The molecule has 0 radical (unpaired) electrons. The third-order valence-electron chi connectivity index (χ3n) is 1.97. The van der Waals surface area contributed by atoms with Gasteiger partial charge in [0.25, 0.3) is 0 Å². The lowest BCUT2D eigenvalue weighted by atomic mass is 10.2. The van der Waals surface area contributed by atoms with E-state index >= 15 is 0 Å². The molecule has 80 valence electrons. The molecule has 0 amide bonds. The molecule has 0 saturated carbocycles. The fraction of sp³-hybridized carbons (Fsp3) is 0.273.